The van der Waals surface area contributed by atoms with Gasteiger partial charge in [-0.15, -0.1) is 0 Å². The molecule has 0 saturated carbocycles. The van der Waals surface area contributed by atoms with Crippen LogP contribution >= 0.6 is 11.6 Å². The van der Waals surface area contributed by atoms with E-state index in [1.54, 1.807) is 0 Å². The molecule has 2 rings (SSSR count). The summed E-state index contributed by atoms with van der Waals surface area (Å²) >= 11 is 5.97. The van der Waals surface area contributed by atoms with Gasteiger partial charge < -0.3 is 0 Å². The number of halogens is 1. The highest BCUT2D eigenvalue weighted by atomic mass is 35.5. The fourth-order valence-corrected chi connectivity index (χ4v) is 3.12. The first-order valence-corrected chi connectivity index (χ1v) is 9.13. The molecule has 2 aromatic carbocycles. The summed E-state index contributed by atoms with van der Waals surface area (Å²) in [4.78, 5) is 22.5. The highest BCUT2D eigenvalue weighted by Crippen LogP contribution is 2.23. The van der Waals surface area contributed by atoms with Crippen LogP contribution in [-0.2, 0) is 10.0 Å². The van der Waals surface area contributed by atoms with E-state index in [1.165, 1.54) is 68.7 Å². The Balaban J connectivity index is 2.24. The summed E-state index contributed by atoms with van der Waals surface area (Å²) in [5, 5.41) is 11.1. The third-order valence-corrected chi connectivity index (χ3v) is 5.70. The van der Waals surface area contributed by atoms with Crippen molar-refractivity contribution in [1.29, 1.82) is 0 Å². The number of nitrogens with zero attached hydrogens (tertiary/aromatic N) is 2. The lowest BCUT2D eigenvalue weighted by Gasteiger charge is -2.11. The molecule has 0 aromatic heterocycles. The van der Waals surface area contributed by atoms with E-state index in [2.05, 4.69) is 0 Å². The Kier molecular flexibility index (Phi) is 5.91. The van der Waals surface area contributed by atoms with Crippen LogP contribution in [0.25, 0.3) is 6.08 Å². The van der Waals surface area contributed by atoms with Crippen LogP contribution in [0.3, 0.4) is 0 Å². The first-order chi connectivity index (χ1) is 12.1. The lowest BCUT2D eigenvalue weighted by Crippen LogP contribution is -2.22. The van der Waals surface area contributed by atoms with Gasteiger partial charge in [0.15, 0.2) is 5.78 Å². The summed E-state index contributed by atoms with van der Waals surface area (Å²) in [6.45, 7) is 0. The zero-order valence-corrected chi connectivity index (χ0v) is 15.5. The predicted octanol–water partition coefficient (Wildman–Crippen LogP) is 3.39. The van der Waals surface area contributed by atoms with Gasteiger partial charge in [-0.25, -0.2) is 12.7 Å². The van der Waals surface area contributed by atoms with E-state index in [9.17, 15) is 23.3 Å². The van der Waals surface area contributed by atoms with Crippen molar-refractivity contribution < 1.29 is 18.1 Å². The standard InChI is InChI=1S/C17H15ClN2O5S/c1-19(2)26(24,25)15-7-3-12(4-8-15)17(21)10-5-13-11-14(20(22)23)6-9-16(13)18/h3-11H,1-2H3/b10-5+. The van der Waals surface area contributed by atoms with Crippen molar-refractivity contribution in [3.63, 3.8) is 0 Å². The molecule has 7 nitrogen and oxygen atoms in total. The van der Waals surface area contributed by atoms with E-state index in [4.69, 9.17) is 11.6 Å². The number of nitro groups is 1. The van der Waals surface area contributed by atoms with Crippen LogP contribution < -0.4 is 0 Å². The largest absolute Gasteiger partial charge is 0.289 e. The van der Waals surface area contributed by atoms with E-state index < -0.39 is 14.9 Å². The predicted molar refractivity (Wildman–Crippen MR) is 98.8 cm³/mol. The molecule has 0 aliphatic carbocycles. The zero-order valence-electron chi connectivity index (χ0n) is 13.9. The molecule has 26 heavy (non-hydrogen) atoms. The highest BCUT2D eigenvalue weighted by molar-refractivity contribution is 7.89. The lowest BCUT2D eigenvalue weighted by atomic mass is 10.1. The van der Waals surface area contributed by atoms with E-state index in [0.717, 1.165) is 4.31 Å². The van der Waals surface area contributed by atoms with Crippen molar-refractivity contribution in [2.45, 2.75) is 4.90 Å². The smallest absolute Gasteiger partial charge is 0.270 e. The van der Waals surface area contributed by atoms with E-state index in [-0.39, 0.29) is 27.0 Å². The number of hydrogen-bond donors (Lipinski definition) is 0. The summed E-state index contributed by atoms with van der Waals surface area (Å²) in [6.07, 6.45) is 2.60. The number of sulfonamides is 1. The molecule has 0 amide bonds. The second-order valence-corrected chi connectivity index (χ2v) is 8.03. The third-order valence-electron chi connectivity index (χ3n) is 3.52. The number of ketones is 1. The van der Waals surface area contributed by atoms with Gasteiger partial charge in [0.1, 0.15) is 0 Å². The average Bonchev–Trinajstić information content (AvgIpc) is 2.60. The maximum Gasteiger partial charge on any atom is 0.270 e. The highest BCUT2D eigenvalue weighted by Gasteiger charge is 2.17. The van der Waals surface area contributed by atoms with Crippen molar-refractivity contribution in [3.05, 3.63) is 74.8 Å². The van der Waals surface area contributed by atoms with E-state index in [0.29, 0.717) is 5.56 Å². The Hall–Kier alpha value is -2.55. The number of carbonyl (C=O) groups is 1. The third kappa shape index (κ3) is 4.34. The number of hydrogen-bond acceptors (Lipinski definition) is 5. The Bertz CT molecular complexity index is 983. The van der Waals surface area contributed by atoms with Crippen molar-refractivity contribution in [3.8, 4) is 0 Å². The SMILES string of the molecule is CN(C)S(=O)(=O)c1ccc(C(=O)/C=C/c2cc([N+](=O)[O-])ccc2Cl)cc1. The number of rotatable bonds is 6. The lowest BCUT2D eigenvalue weighted by molar-refractivity contribution is -0.384. The van der Waals surface area contributed by atoms with Crippen LogP contribution in [0.4, 0.5) is 5.69 Å². The van der Waals surface area contributed by atoms with Crippen molar-refractivity contribution in [2.24, 2.45) is 0 Å². The second-order valence-electron chi connectivity index (χ2n) is 5.47. The minimum Gasteiger partial charge on any atom is -0.289 e. The van der Waals surface area contributed by atoms with Crippen LogP contribution in [0.15, 0.2) is 53.4 Å². The molecule has 0 aliphatic rings. The number of allylic oxidation sites excluding steroid dienone is 1. The molecule has 9 heteroatoms. The minimum atomic E-state index is -3.57. The molecule has 136 valence electrons. The molecule has 0 spiro atoms. The van der Waals surface area contributed by atoms with Crippen LogP contribution in [-0.4, -0.2) is 37.5 Å². The molecular formula is C17H15ClN2O5S. The molecule has 0 radical (unpaired) electrons. The molecule has 0 unspecified atom stereocenters. The van der Waals surface area contributed by atoms with Gasteiger partial charge in [-0.3, -0.25) is 14.9 Å². The molecule has 0 atom stereocenters. The molecule has 0 fully saturated rings. The monoisotopic (exact) mass is 394 g/mol. The van der Waals surface area contributed by atoms with Gasteiger partial charge in [0.2, 0.25) is 10.0 Å². The second kappa shape index (κ2) is 7.77. The number of benzene rings is 2. The van der Waals surface area contributed by atoms with E-state index >= 15 is 0 Å². The number of non-ortho nitro benzene ring substituents is 1. The molecule has 0 heterocycles. The van der Waals surface area contributed by atoms with Crippen LogP contribution in [0.5, 0.6) is 0 Å². The molecule has 0 saturated heterocycles. The minimum absolute atomic E-state index is 0.0739. The average molecular weight is 395 g/mol. The fraction of sp³-hybridized carbons (Fsp3) is 0.118. The summed E-state index contributed by atoms with van der Waals surface area (Å²) in [5.74, 6) is -0.388. The maximum atomic E-state index is 12.2. The molecule has 0 bridgehead atoms. The van der Waals surface area contributed by atoms with Gasteiger partial charge in [0.05, 0.1) is 9.82 Å². The van der Waals surface area contributed by atoms with Gasteiger partial charge in [0, 0.05) is 36.8 Å². The van der Waals surface area contributed by atoms with E-state index in [1.807, 2.05) is 0 Å². The Morgan fingerprint density at radius 2 is 1.77 bits per heavy atom. The van der Waals surface area contributed by atoms with Gasteiger partial charge in [0.25, 0.3) is 5.69 Å². The summed E-state index contributed by atoms with van der Waals surface area (Å²) < 4.78 is 25.1. The fourth-order valence-electron chi connectivity index (χ4n) is 2.04. The van der Waals surface area contributed by atoms with Crippen molar-refractivity contribution >= 4 is 39.2 Å². The quantitative estimate of drug-likeness (QED) is 0.323. The first-order valence-electron chi connectivity index (χ1n) is 7.32. The Labute approximate surface area is 155 Å². The topological polar surface area (TPSA) is 97.6 Å². The Morgan fingerprint density at radius 3 is 2.31 bits per heavy atom. The summed E-state index contributed by atoms with van der Waals surface area (Å²) in [5.41, 5.74) is 0.473. The maximum absolute atomic E-state index is 12.2. The zero-order chi connectivity index (χ0) is 19.5. The number of carbonyl (C=O) groups excluding carboxylic acids is 1. The molecule has 2 aromatic rings. The van der Waals surface area contributed by atoms with Crippen LogP contribution in [0.2, 0.25) is 5.02 Å². The first kappa shape index (κ1) is 19.8. The molecule has 0 aliphatic heterocycles. The summed E-state index contributed by atoms with van der Waals surface area (Å²) in [6, 6.07) is 9.40. The van der Waals surface area contributed by atoms with Gasteiger partial charge in [-0.05, 0) is 48.0 Å². The molecular weight excluding hydrogens is 380 g/mol. The van der Waals surface area contributed by atoms with Crippen molar-refractivity contribution in [1.82, 2.24) is 4.31 Å². The van der Waals surface area contributed by atoms with Crippen LogP contribution in [0.1, 0.15) is 15.9 Å². The van der Waals surface area contributed by atoms with Gasteiger partial charge in [-0.1, -0.05) is 11.6 Å². The van der Waals surface area contributed by atoms with Gasteiger partial charge >= 0.3 is 0 Å². The number of nitro benzene ring substituents is 1. The van der Waals surface area contributed by atoms with Gasteiger partial charge in [-0.2, -0.15) is 0 Å². The van der Waals surface area contributed by atoms with Crippen LogP contribution in [0, 0.1) is 10.1 Å². The normalized spacial score (nSPS) is 11.8. The van der Waals surface area contributed by atoms with Crippen molar-refractivity contribution in [2.75, 3.05) is 14.1 Å². The molecule has 0 N–H and O–H groups in total. The Morgan fingerprint density at radius 1 is 1.15 bits per heavy atom. The summed E-state index contributed by atoms with van der Waals surface area (Å²) in [7, 11) is -0.737.